The minimum Gasteiger partial charge on any atom is -0.259 e. The molecule has 36 heavy (non-hydrogen) atoms. The molecule has 1 atom stereocenters. The third-order valence-electron chi connectivity index (χ3n) is 8.70. The normalized spacial score (nSPS) is 17.4. The van der Waals surface area contributed by atoms with Crippen molar-refractivity contribution < 1.29 is 0 Å². The third kappa shape index (κ3) is 2.08. The Balaban J connectivity index is 1.40. The minimum atomic E-state index is -0.367. The monoisotopic (exact) mass is 455 g/mol. The van der Waals surface area contributed by atoms with Crippen molar-refractivity contribution in [3.8, 4) is 33.4 Å². The quantitative estimate of drug-likeness (QED) is 0.225. The van der Waals surface area contributed by atoms with Gasteiger partial charge < -0.3 is 0 Å². The van der Waals surface area contributed by atoms with Crippen LogP contribution in [0, 0.1) is 0 Å². The van der Waals surface area contributed by atoms with Gasteiger partial charge in [-0.05, 0) is 91.0 Å². The predicted molar refractivity (Wildman–Crippen MR) is 146 cm³/mol. The molecule has 5 aromatic carbocycles. The standard InChI is InChI=1S/C35H21N/c1-2-9-22-18-28-23(16-21(22)8-1)17-24-19-33-30(20-29(24)28)26-11-4-6-14-32(26)35(33)31-13-5-3-10-25(31)27-12-7-15-36-34(27)35/h1-16,18-20H,17H2. The Morgan fingerprint density at radius 1 is 0.472 bits per heavy atom. The first-order valence-electron chi connectivity index (χ1n) is 12.7. The Bertz CT molecular complexity index is 1880. The molecule has 6 aromatic rings. The van der Waals surface area contributed by atoms with Crippen LogP contribution < -0.4 is 0 Å². The second-order valence-corrected chi connectivity index (χ2v) is 10.3. The number of rotatable bonds is 0. The largest absolute Gasteiger partial charge is 0.259 e. The van der Waals surface area contributed by atoms with E-state index in [-0.39, 0.29) is 5.41 Å². The number of nitrogens with zero attached hydrogens (tertiary/aromatic N) is 1. The zero-order valence-electron chi connectivity index (χ0n) is 19.6. The Hall–Kier alpha value is -4.49. The lowest BCUT2D eigenvalue weighted by Gasteiger charge is -2.29. The number of benzene rings is 5. The maximum absolute atomic E-state index is 5.08. The molecule has 0 fully saturated rings. The summed E-state index contributed by atoms with van der Waals surface area (Å²) < 4.78 is 0. The van der Waals surface area contributed by atoms with E-state index in [0.29, 0.717) is 0 Å². The fourth-order valence-electron chi connectivity index (χ4n) is 7.29. The van der Waals surface area contributed by atoms with E-state index in [1.165, 1.54) is 77.7 Å². The van der Waals surface area contributed by atoms with Crippen molar-refractivity contribution in [1.82, 2.24) is 4.98 Å². The molecule has 1 aromatic heterocycles. The van der Waals surface area contributed by atoms with Crippen molar-refractivity contribution in [2.24, 2.45) is 0 Å². The topological polar surface area (TPSA) is 12.9 Å². The second-order valence-electron chi connectivity index (χ2n) is 10.3. The summed E-state index contributed by atoms with van der Waals surface area (Å²) >= 11 is 0. The van der Waals surface area contributed by atoms with Crippen molar-refractivity contribution >= 4 is 10.8 Å². The number of hydrogen-bond donors (Lipinski definition) is 0. The van der Waals surface area contributed by atoms with Gasteiger partial charge in [0.2, 0.25) is 0 Å². The lowest BCUT2D eigenvalue weighted by atomic mass is 9.72. The lowest BCUT2D eigenvalue weighted by Crippen LogP contribution is -2.27. The number of hydrogen-bond acceptors (Lipinski definition) is 1. The van der Waals surface area contributed by atoms with Crippen LogP contribution in [0.4, 0.5) is 0 Å². The van der Waals surface area contributed by atoms with Crippen molar-refractivity contribution in [1.29, 1.82) is 0 Å². The number of pyridine rings is 1. The van der Waals surface area contributed by atoms with Crippen LogP contribution in [0.1, 0.15) is 33.5 Å². The van der Waals surface area contributed by atoms with Crippen LogP contribution >= 0.6 is 0 Å². The highest BCUT2D eigenvalue weighted by Crippen LogP contribution is 2.63. The molecule has 1 nitrogen and oxygen atoms in total. The minimum absolute atomic E-state index is 0.367. The molecule has 0 N–H and O–H groups in total. The molecule has 1 heterocycles. The third-order valence-corrected chi connectivity index (χ3v) is 8.70. The summed E-state index contributed by atoms with van der Waals surface area (Å²) in [5.74, 6) is 0. The van der Waals surface area contributed by atoms with Gasteiger partial charge in [0.05, 0.1) is 11.1 Å². The Morgan fingerprint density at radius 3 is 1.89 bits per heavy atom. The van der Waals surface area contributed by atoms with Gasteiger partial charge in [0.25, 0.3) is 0 Å². The van der Waals surface area contributed by atoms with Gasteiger partial charge in [0, 0.05) is 11.8 Å². The smallest absolute Gasteiger partial charge is 0.0898 e. The highest BCUT2D eigenvalue weighted by Gasteiger charge is 2.53. The van der Waals surface area contributed by atoms with Crippen LogP contribution in [0.2, 0.25) is 0 Å². The van der Waals surface area contributed by atoms with E-state index in [1.54, 1.807) is 0 Å². The summed E-state index contributed by atoms with van der Waals surface area (Å²) in [5.41, 5.74) is 15.7. The van der Waals surface area contributed by atoms with Gasteiger partial charge in [-0.1, -0.05) is 91.0 Å². The molecule has 1 unspecified atom stereocenters. The Labute approximate surface area is 209 Å². The van der Waals surface area contributed by atoms with Gasteiger partial charge in [-0.2, -0.15) is 0 Å². The van der Waals surface area contributed by atoms with Gasteiger partial charge in [-0.25, -0.2) is 0 Å². The first-order chi connectivity index (χ1) is 17.8. The van der Waals surface area contributed by atoms with Crippen LogP contribution in [0.5, 0.6) is 0 Å². The molecule has 9 rings (SSSR count). The molecule has 0 amide bonds. The fraction of sp³-hybridized carbons (Fsp3) is 0.0571. The van der Waals surface area contributed by atoms with Gasteiger partial charge in [-0.3, -0.25) is 4.98 Å². The first kappa shape index (κ1) is 18.8. The van der Waals surface area contributed by atoms with Gasteiger partial charge >= 0.3 is 0 Å². The molecular weight excluding hydrogens is 434 g/mol. The second kappa shape index (κ2) is 6.38. The van der Waals surface area contributed by atoms with E-state index in [0.717, 1.165) is 6.42 Å². The maximum Gasteiger partial charge on any atom is 0.0898 e. The van der Waals surface area contributed by atoms with E-state index in [4.69, 9.17) is 4.98 Å². The van der Waals surface area contributed by atoms with Crippen molar-refractivity contribution in [3.63, 3.8) is 0 Å². The highest BCUT2D eigenvalue weighted by molar-refractivity contribution is 5.98. The molecule has 0 bridgehead atoms. The summed E-state index contributed by atoms with van der Waals surface area (Å²) in [4.78, 5) is 5.08. The van der Waals surface area contributed by atoms with Gasteiger partial charge in [0.15, 0.2) is 0 Å². The van der Waals surface area contributed by atoms with Crippen molar-refractivity contribution in [3.05, 3.63) is 149 Å². The van der Waals surface area contributed by atoms with Crippen LogP contribution in [0.25, 0.3) is 44.2 Å². The Morgan fingerprint density at radius 2 is 1.08 bits per heavy atom. The number of aromatic nitrogens is 1. The molecule has 0 aliphatic heterocycles. The maximum atomic E-state index is 5.08. The molecule has 1 heteroatoms. The molecule has 3 aliphatic carbocycles. The van der Waals surface area contributed by atoms with Crippen LogP contribution in [-0.2, 0) is 11.8 Å². The van der Waals surface area contributed by atoms with E-state index in [9.17, 15) is 0 Å². The van der Waals surface area contributed by atoms with Gasteiger partial charge in [-0.15, -0.1) is 0 Å². The molecule has 0 saturated heterocycles. The van der Waals surface area contributed by atoms with E-state index in [1.807, 2.05) is 6.20 Å². The molecule has 3 aliphatic rings. The number of fused-ring (bicyclic) bond motifs is 14. The zero-order valence-corrected chi connectivity index (χ0v) is 19.6. The van der Waals surface area contributed by atoms with Crippen LogP contribution in [0.15, 0.2) is 115 Å². The summed E-state index contributed by atoms with van der Waals surface area (Å²) in [7, 11) is 0. The lowest BCUT2D eigenvalue weighted by molar-refractivity contribution is 0.759. The molecule has 166 valence electrons. The average molecular weight is 456 g/mol. The van der Waals surface area contributed by atoms with E-state index >= 15 is 0 Å². The molecular formula is C35H21N. The molecule has 0 saturated carbocycles. The van der Waals surface area contributed by atoms with E-state index in [2.05, 4.69) is 109 Å². The molecule has 0 radical (unpaired) electrons. The predicted octanol–water partition coefficient (Wildman–Crippen LogP) is 8.15. The highest BCUT2D eigenvalue weighted by atomic mass is 14.7. The van der Waals surface area contributed by atoms with Gasteiger partial charge in [0.1, 0.15) is 0 Å². The summed E-state index contributed by atoms with van der Waals surface area (Å²) in [5, 5.41) is 2.63. The summed E-state index contributed by atoms with van der Waals surface area (Å²) in [6.07, 6.45) is 2.94. The van der Waals surface area contributed by atoms with E-state index < -0.39 is 0 Å². The SMILES string of the molecule is c1ccc2c(c1)-c1cc3c(cc1C21c2ccccc2-c2cccnc21)Cc1cc2ccccc2cc1-3. The van der Waals surface area contributed by atoms with Crippen LogP contribution in [0.3, 0.4) is 0 Å². The van der Waals surface area contributed by atoms with Crippen molar-refractivity contribution in [2.45, 2.75) is 11.8 Å². The Kier molecular flexibility index (Phi) is 3.33. The fourth-order valence-corrected chi connectivity index (χ4v) is 7.29. The summed E-state index contributed by atoms with van der Waals surface area (Å²) in [6.45, 7) is 0. The summed E-state index contributed by atoms with van der Waals surface area (Å²) in [6, 6.07) is 40.7. The molecule has 1 spiro atoms. The van der Waals surface area contributed by atoms with Crippen LogP contribution in [-0.4, -0.2) is 4.98 Å². The zero-order chi connectivity index (χ0) is 23.4. The van der Waals surface area contributed by atoms with Crippen molar-refractivity contribution in [2.75, 3.05) is 0 Å². The average Bonchev–Trinajstić information content (AvgIpc) is 3.54. The first-order valence-corrected chi connectivity index (χ1v) is 12.7.